The van der Waals surface area contributed by atoms with Crippen LogP contribution in [0.2, 0.25) is 0 Å². The number of nitrogens with zero attached hydrogens (tertiary/aromatic N) is 3. The maximum atomic E-state index is 4.08. The van der Waals surface area contributed by atoms with Gasteiger partial charge in [-0.05, 0) is 197 Å². The Hall–Kier alpha value is -4.31. The molecule has 59 heavy (non-hydrogen) atoms. The minimum atomic E-state index is 1.00. The van der Waals surface area contributed by atoms with Crippen LogP contribution >= 0.6 is 0 Å². The summed E-state index contributed by atoms with van der Waals surface area (Å²) < 4.78 is 7.43. The first-order chi connectivity index (χ1) is 29.2. The van der Waals surface area contributed by atoms with Crippen molar-refractivity contribution < 1.29 is 13.7 Å². The van der Waals surface area contributed by atoms with E-state index in [1.165, 1.54) is 133 Å². The Labute approximate surface area is 357 Å². The zero-order chi connectivity index (χ0) is 40.1. The molecule has 0 spiro atoms. The van der Waals surface area contributed by atoms with E-state index in [0.717, 1.165) is 58.3 Å². The lowest BCUT2D eigenvalue weighted by molar-refractivity contribution is -0.698. The number of rotatable bonds is 19. The molecule has 8 rings (SSSR count). The summed E-state index contributed by atoms with van der Waals surface area (Å²) in [5, 5.41) is 3.66. The number of fused-ring (bicyclic) bond motifs is 3. The van der Waals surface area contributed by atoms with Crippen LogP contribution in [-0.4, -0.2) is 6.54 Å². The maximum absolute atomic E-state index is 4.08. The van der Waals surface area contributed by atoms with Crippen molar-refractivity contribution in [3.8, 4) is 0 Å². The van der Waals surface area contributed by atoms with Gasteiger partial charge in [-0.15, -0.1) is 0 Å². The van der Waals surface area contributed by atoms with Gasteiger partial charge in [0.25, 0.3) is 0 Å². The first-order valence-electron chi connectivity index (χ1n) is 24.1. The minimum absolute atomic E-state index is 1.00. The largest absolute Gasteiger partial charge is 0.391 e. The molecule has 4 aliphatic carbocycles. The van der Waals surface area contributed by atoms with Gasteiger partial charge in [0, 0.05) is 60.7 Å². The van der Waals surface area contributed by atoms with E-state index in [1.54, 1.807) is 55.6 Å². The van der Waals surface area contributed by atoms with Crippen LogP contribution in [0.1, 0.15) is 146 Å². The highest BCUT2D eigenvalue weighted by molar-refractivity contribution is 5.40. The van der Waals surface area contributed by atoms with Gasteiger partial charge in [0.1, 0.15) is 19.6 Å². The molecule has 0 atom stereocenters. The third kappa shape index (κ3) is 11.5. The molecule has 1 N–H and O–H groups in total. The van der Waals surface area contributed by atoms with Crippen LogP contribution in [-0.2, 0) is 83.8 Å². The van der Waals surface area contributed by atoms with Crippen LogP contribution in [0.25, 0.3) is 0 Å². The molecule has 0 fully saturated rings. The smallest absolute Gasteiger partial charge is 0.172 e. The summed E-state index contributed by atoms with van der Waals surface area (Å²) in [5.41, 5.74) is 18.7. The average molecular weight is 790 g/mol. The van der Waals surface area contributed by atoms with Crippen molar-refractivity contribution in [1.82, 2.24) is 5.32 Å². The fourth-order valence-corrected chi connectivity index (χ4v) is 10.7. The van der Waals surface area contributed by atoms with Crippen molar-refractivity contribution in [1.29, 1.82) is 0 Å². The van der Waals surface area contributed by atoms with Gasteiger partial charge in [0.05, 0.1) is 0 Å². The molecule has 4 aliphatic rings. The van der Waals surface area contributed by atoms with Gasteiger partial charge in [-0.1, -0.05) is 24.8 Å². The average Bonchev–Trinajstić information content (AvgIpc) is 3.28. The Morgan fingerprint density at radius 2 is 0.831 bits per heavy atom. The van der Waals surface area contributed by atoms with Crippen molar-refractivity contribution in [2.75, 3.05) is 6.54 Å². The summed E-state index contributed by atoms with van der Waals surface area (Å²) in [6, 6.07) is 12.6. The molecule has 0 aliphatic heterocycles. The monoisotopic (exact) mass is 790 g/mol. The van der Waals surface area contributed by atoms with Gasteiger partial charge in [-0.3, -0.25) is 0 Å². The second-order valence-corrected chi connectivity index (χ2v) is 18.4. The molecule has 0 saturated heterocycles. The molecule has 4 heteroatoms. The molecular weight excluding hydrogens is 717 g/mol. The quantitative estimate of drug-likeness (QED) is 0.0743. The summed E-state index contributed by atoms with van der Waals surface area (Å²) in [5.74, 6) is 0. The summed E-state index contributed by atoms with van der Waals surface area (Å²) in [6.07, 6.45) is 50.8. The van der Waals surface area contributed by atoms with Crippen LogP contribution in [0.15, 0.2) is 104 Å². The number of benzene rings is 1. The fourth-order valence-electron chi connectivity index (χ4n) is 10.7. The number of allylic oxidation sites excluding steroid dienone is 4. The Bertz CT molecular complexity index is 2100. The molecule has 4 aromatic rings. The van der Waals surface area contributed by atoms with Crippen LogP contribution in [0.5, 0.6) is 0 Å². The summed E-state index contributed by atoms with van der Waals surface area (Å²) >= 11 is 0. The Morgan fingerprint density at radius 3 is 1.25 bits per heavy atom. The molecule has 4 nitrogen and oxygen atoms in total. The Balaban J connectivity index is 0.987. The van der Waals surface area contributed by atoms with E-state index in [9.17, 15) is 0 Å². The Kier molecular flexibility index (Phi) is 14.9. The topological polar surface area (TPSA) is 23.7 Å². The molecule has 0 unspecified atom stereocenters. The molecule has 0 bridgehead atoms. The van der Waals surface area contributed by atoms with Crippen molar-refractivity contribution in [2.24, 2.45) is 0 Å². The van der Waals surface area contributed by atoms with Gasteiger partial charge in [-0.2, -0.15) is 0 Å². The van der Waals surface area contributed by atoms with Crippen molar-refractivity contribution >= 4 is 0 Å². The minimum Gasteiger partial charge on any atom is -0.391 e. The van der Waals surface area contributed by atoms with E-state index in [-0.39, 0.29) is 0 Å². The highest BCUT2D eigenvalue weighted by atomic mass is 14.9. The highest BCUT2D eigenvalue weighted by Gasteiger charge is 2.18. The summed E-state index contributed by atoms with van der Waals surface area (Å²) in [6.45, 7) is 8.35. The van der Waals surface area contributed by atoms with E-state index in [2.05, 4.69) is 111 Å². The third-order valence-corrected chi connectivity index (χ3v) is 14.1. The van der Waals surface area contributed by atoms with Crippen molar-refractivity contribution in [2.45, 2.75) is 174 Å². The third-order valence-electron chi connectivity index (χ3n) is 14.1. The number of pyridine rings is 3. The first-order valence-corrected chi connectivity index (χ1v) is 24.1. The van der Waals surface area contributed by atoms with Crippen LogP contribution < -0.4 is 19.0 Å². The predicted octanol–water partition coefficient (Wildman–Crippen LogP) is 10.2. The maximum Gasteiger partial charge on any atom is 0.172 e. The molecule has 0 saturated carbocycles. The molecule has 1 aromatic carbocycles. The summed E-state index contributed by atoms with van der Waals surface area (Å²) in [7, 11) is 0. The number of aryl methyl sites for hydroxylation is 13. The second-order valence-electron chi connectivity index (χ2n) is 18.4. The van der Waals surface area contributed by atoms with E-state index in [0.29, 0.717) is 0 Å². The lowest BCUT2D eigenvalue weighted by Gasteiger charge is -2.18. The molecular formula is C55H73N4+3. The summed E-state index contributed by atoms with van der Waals surface area (Å²) in [4.78, 5) is 0. The molecule has 3 heterocycles. The molecule has 0 radical (unpaired) electrons. The van der Waals surface area contributed by atoms with E-state index in [4.69, 9.17) is 0 Å². The fraction of sp³-hybridized carbons (Fsp3) is 0.509. The van der Waals surface area contributed by atoms with Crippen molar-refractivity contribution in [3.05, 3.63) is 159 Å². The van der Waals surface area contributed by atoms with Crippen LogP contribution in [0.4, 0.5) is 0 Å². The van der Waals surface area contributed by atoms with Gasteiger partial charge < -0.3 is 5.32 Å². The normalized spacial score (nSPS) is 16.5. The Morgan fingerprint density at radius 1 is 0.458 bits per heavy atom. The SMILES string of the molecule is C=CC1=C(/C=C\NCCCc2cc(CCC[n+]3ccc4c(c3)CCCC4)c(CCC[n+]3ccc4c(c3)CCCC4)cc2CCC[n+]2ccc3c(c2)CCCC3)CCCC1. The number of aromatic nitrogens is 3. The van der Waals surface area contributed by atoms with Crippen LogP contribution in [0.3, 0.4) is 0 Å². The van der Waals surface area contributed by atoms with Gasteiger partial charge in [0.15, 0.2) is 37.2 Å². The van der Waals surface area contributed by atoms with E-state index in [1.807, 2.05) is 0 Å². The van der Waals surface area contributed by atoms with E-state index >= 15 is 0 Å². The molecule has 310 valence electrons. The number of nitrogens with one attached hydrogen (secondary N) is 1. The van der Waals surface area contributed by atoms with Crippen molar-refractivity contribution in [3.63, 3.8) is 0 Å². The van der Waals surface area contributed by atoms with Crippen LogP contribution in [0, 0.1) is 0 Å². The lowest BCUT2D eigenvalue weighted by atomic mass is 9.89. The molecule has 3 aromatic heterocycles. The van der Waals surface area contributed by atoms with Gasteiger partial charge in [-0.25, -0.2) is 13.7 Å². The predicted molar refractivity (Wildman–Crippen MR) is 242 cm³/mol. The molecule has 0 amide bonds. The van der Waals surface area contributed by atoms with E-state index < -0.39 is 0 Å². The second kappa shape index (κ2) is 21.3. The van der Waals surface area contributed by atoms with Gasteiger partial charge >= 0.3 is 0 Å². The lowest BCUT2D eigenvalue weighted by Crippen LogP contribution is -2.35. The number of hydrogen-bond acceptors (Lipinski definition) is 1. The van der Waals surface area contributed by atoms with Gasteiger partial charge in [0.2, 0.25) is 0 Å². The number of hydrogen-bond donors (Lipinski definition) is 1. The first kappa shape index (κ1) is 41.4. The highest BCUT2D eigenvalue weighted by Crippen LogP contribution is 2.27. The zero-order valence-electron chi connectivity index (χ0n) is 36.4. The standard InChI is InChI=1S/C55H73N4/c1-2-44-15-3-4-16-45(44)27-32-56-31-11-23-49-39-51(25-13-34-58-37-29-47-18-6-9-21-54(47)42-58)52(26-14-35-59-38-30-48-19-7-10-22-55(48)43-59)40-50(49)24-12-33-57-36-28-46-17-5-8-20-53(46)41-57/h2,27-30,32,36-43,56H,1,3-26,31,33-35H2/q+3/b32-27-. The zero-order valence-corrected chi connectivity index (χ0v) is 36.4.